The normalized spacial score (nSPS) is 9.56. The summed E-state index contributed by atoms with van der Waals surface area (Å²) < 4.78 is 0. The third-order valence-electron chi connectivity index (χ3n) is 1.36. The molecule has 0 radical (unpaired) electrons. The monoisotopic (exact) mass is 122 g/mol. The molecule has 0 saturated heterocycles. The Morgan fingerprint density at radius 1 is 1.44 bits per heavy atom. The fourth-order valence-electron chi connectivity index (χ4n) is 0.665. The first-order valence-corrected chi connectivity index (χ1v) is 2.89. The summed E-state index contributed by atoms with van der Waals surface area (Å²) in [4.78, 5) is 4.05. The Labute approximate surface area is 54.7 Å². The smallest absolute Gasteiger partial charge is 0.0503 e. The number of aryl methyl sites for hydroxylation is 2. The molecule has 0 amide bonds. The van der Waals surface area contributed by atoms with Crippen molar-refractivity contribution in [3.8, 4) is 0 Å². The van der Waals surface area contributed by atoms with Crippen molar-refractivity contribution < 1.29 is 0 Å². The SMILES string of the molecule is Cc1cc(N)cnc1C. The minimum atomic E-state index is 0.734. The van der Waals surface area contributed by atoms with Gasteiger partial charge in [-0.3, -0.25) is 4.98 Å². The fraction of sp³-hybridized carbons (Fsp3) is 0.286. The summed E-state index contributed by atoms with van der Waals surface area (Å²) in [5.74, 6) is 0. The zero-order valence-corrected chi connectivity index (χ0v) is 5.68. The molecular formula is C7H10N2. The van der Waals surface area contributed by atoms with E-state index in [1.807, 2.05) is 19.9 Å². The van der Waals surface area contributed by atoms with Gasteiger partial charge in [-0.05, 0) is 25.5 Å². The lowest BCUT2D eigenvalue weighted by atomic mass is 10.2. The highest BCUT2D eigenvalue weighted by atomic mass is 14.7. The molecular weight excluding hydrogens is 112 g/mol. The van der Waals surface area contributed by atoms with Crippen LogP contribution in [0.1, 0.15) is 11.3 Å². The molecule has 0 fully saturated rings. The first-order valence-electron chi connectivity index (χ1n) is 2.89. The molecule has 0 aliphatic carbocycles. The quantitative estimate of drug-likeness (QED) is 0.563. The maximum Gasteiger partial charge on any atom is 0.0503 e. The molecule has 0 aliphatic heterocycles. The number of nitrogens with zero attached hydrogens (tertiary/aromatic N) is 1. The number of aromatic nitrogens is 1. The van der Waals surface area contributed by atoms with Gasteiger partial charge in [0.25, 0.3) is 0 Å². The van der Waals surface area contributed by atoms with Crippen LogP contribution < -0.4 is 5.73 Å². The van der Waals surface area contributed by atoms with E-state index in [2.05, 4.69) is 4.98 Å². The molecule has 1 aromatic heterocycles. The summed E-state index contributed by atoms with van der Waals surface area (Å²) >= 11 is 0. The number of hydrogen-bond acceptors (Lipinski definition) is 2. The van der Waals surface area contributed by atoms with Crippen molar-refractivity contribution in [2.45, 2.75) is 13.8 Å². The van der Waals surface area contributed by atoms with Crippen LogP contribution in [0, 0.1) is 13.8 Å². The van der Waals surface area contributed by atoms with Crippen molar-refractivity contribution in [2.75, 3.05) is 5.73 Å². The first kappa shape index (κ1) is 6.08. The maximum absolute atomic E-state index is 5.46. The highest BCUT2D eigenvalue weighted by molar-refractivity contribution is 5.38. The van der Waals surface area contributed by atoms with E-state index >= 15 is 0 Å². The number of nitrogens with two attached hydrogens (primary N) is 1. The topological polar surface area (TPSA) is 38.9 Å². The minimum absolute atomic E-state index is 0.734. The van der Waals surface area contributed by atoms with Crippen molar-refractivity contribution >= 4 is 5.69 Å². The molecule has 48 valence electrons. The fourth-order valence-corrected chi connectivity index (χ4v) is 0.665. The van der Waals surface area contributed by atoms with Crippen LogP contribution in [0.2, 0.25) is 0 Å². The summed E-state index contributed by atoms with van der Waals surface area (Å²) in [7, 11) is 0. The van der Waals surface area contributed by atoms with E-state index in [1.54, 1.807) is 6.20 Å². The Balaban J connectivity index is 3.17. The summed E-state index contributed by atoms with van der Waals surface area (Å²) in [5.41, 5.74) is 8.39. The van der Waals surface area contributed by atoms with Gasteiger partial charge in [0, 0.05) is 5.69 Å². The Hall–Kier alpha value is -1.05. The summed E-state index contributed by atoms with van der Waals surface area (Å²) in [6.45, 7) is 3.97. The van der Waals surface area contributed by atoms with Crippen LogP contribution >= 0.6 is 0 Å². The predicted molar refractivity (Wildman–Crippen MR) is 38.1 cm³/mol. The zero-order chi connectivity index (χ0) is 6.85. The third kappa shape index (κ3) is 1.19. The van der Waals surface area contributed by atoms with Crippen LogP contribution in [0.4, 0.5) is 5.69 Å². The number of anilines is 1. The molecule has 2 N–H and O–H groups in total. The molecule has 2 nitrogen and oxygen atoms in total. The number of rotatable bonds is 0. The van der Waals surface area contributed by atoms with Gasteiger partial charge in [0.05, 0.1) is 11.9 Å². The summed E-state index contributed by atoms with van der Waals surface area (Å²) in [6.07, 6.45) is 1.67. The molecule has 1 rings (SSSR count). The molecule has 1 aromatic rings. The van der Waals surface area contributed by atoms with Gasteiger partial charge in [0.1, 0.15) is 0 Å². The highest BCUT2D eigenvalue weighted by Crippen LogP contribution is 2.06. The van der Waals surface area contributed by atoms with E-state index in [4.69, 9.17) is 5.73 Å². The van der Waals surface area contributed by atoms with Gasteiger partial charge in [-0.25, -0.2) is 0 Å². The highest BCUT2D eigenvalue weighted by Gasteiger charge is 1.91. The number of hydrogen-bond donors (Lipinski definition) is 1. The van der Waals surface area contributed by atoms with Gasteiger partial charge in [0.2, 0.25) is 0 Å². The minimum Gasteiger partial charge on any atom is -0.397 e. The van der Waals surface area contributed by atoms with Crippen LogP contribution in [0.25, 0.3) is 0 Å². The van der Waals surface area contributed by atoms with E-state index < -0.39 is 0 Å². The lowest BCUT2D eigenvalue weighted by Crippen LogP contribution is -1.90. The van der Waals surface area contributed by atoms with E-state index in [9.17, 15) is 0 Å². The standard InChI is InChI=1S/C7H10N2/c1-5-3-7(8)4-9-6(5)2/h3-4H,8H2,1-2H3. The maximum atomic E-state index is 5.46. The van der Waals surface area contributed by atoms with Crippen LogP contribution in [-0.4, -0.2) is 4.98 Å². The third-order valence-corrected chi connectivity index (χ3v) is 1.36. The van der Waals surface area contributed by atoms with E-state index in [-0.39, 0.29) is 0 Å². The van der Waals surface area contributed by atoms with Gasteiger partial charge in [-0.2, -0.15) is 0 Å². The molecule has 1 heterocycles. The Morgan fingerprint density at radius 3 is 2.56 bits per heavy atom. The van der Waals surface area contributed by atoms with Crippen molar-refractivity contribution in [3.63, 3.8) is 0 Å². The van der Waals surface area contributed by atoms with Gasteiger partial charge < -0.3 is 5.73 Å². The van der Waals surface area contributed by atoms with Crippen LogP contribution in [0.3, 0.4) is 0 Å². The second-order valence-electron chi connectivity index (χ2n) is 2.17. The van der Waals surface area contributed by atoms with Crippen LogP contribution in [0.5, 0.6) is 0 Å². The van der Waals surface area contributed by atoms with Gasteiger partial charge in [-0.1, -0.05) is 0 Å². The molecule has 0 spiro atoms. The molecule has 0 saturated carbocycles. The Bertz CT molecular complexity index is 218. The zero-order valence-electron chi connectivity index (χ0n) is 5.68. The van der Waals surface area contributed by atoms with Gasteiger partial charge >= 0.3 is 0 Å². The second-order valence-corrected chi connectivity index (χ2v) is 2.17. The summed E-state index contributed by atoms with van der Waals surface area (Å²) in [6, 6.07) is 1.92. The van der Waals surface area contributed by atoms with Crippen LogP contribution in [-0.2, 0) is 0 Å². The predicted octanol–water partition coefficient (Wildman–Crippen LogP) is 1.28. The molecule has 0 bridgehead atoms. The molecule has 0 unspecified atom stereocenters. The second kappa shape index (κ2) is 2.05. The van der Waals surface area contributed by atoms with Gasteiger partial charge in [-0.15, -0.1) is 0 Å². The van der Waals surface area contributed by atoms with E-state index in [1.165, 1.54) is 0 Å². The van der Waals surface area contributed by atoms with Crippen molar-refractivity contribution in [1.29, 1.82) is 0 Å². The molecule has 0 atom stereocenters. The number of nitrogen functional groups attached to an aromatic ring is 1. The summed E-state index contributed by atoms with van der Waals surface area (Å²) in [5, 5.41) is 0. The lowest BCUT2D eigenvalue weighted by molar-refractivity contribution is 1.15. The van der Waals surface area contributed by atoms with Gasteiger partial charge in [0.15, 0.2) is 0 Å². The lowest BCUT2D eigenvalue weighted by Gasteiger charge is -1.97. The number of pyridine rings is 1. The average molecular weight is 122 g/mol. The largest absolute Gasteiger partial charge is 0.397 e. The average Bonchev–Trinajstić information content (AvgIpc) is 1.80. The van der Waals surface area contributed by atoms with Crippen molar-refractivity contribution in [1.82, 2.24) is 4.98 Å². The molecule has 9 heavy (non-hydrogen) atoms. The van der Waals surface area contributed by atoms with E-state index in [0.29, 0.717) is 0 Å². The first-order chi connectivity index (χ1) is 4.20. The van der Waals surface area contributed by atoms with Crippen LogP contribution in [0.15, 0.2) is 12.3 Å². The van der Waals surface area contributed by atoms with E-state index in [0.717, 1.165) is 16.9 Å². The van der Waals surface area contributed by atoms with Crippen molar-refractivity contribution in [3.05, 3.63) is 23.5 Å². The molecule has 0 aliphatic rings. The van der Waals surface area contributed by atoms with Crippen molar-refractivity contribution in [2.24, 2.45) is 0 Å². The molecule has 2 heteroatoms. The Morgan fingerprint density at radius 2 is 2.11 bits per heavy atom. The Kier molecular flexibility index (Phi) is 1.39. The molecule has 0 aromatic carbocycles.